The summed E-state index contributed by atoms with van der Waals surface area (Å²) in [6.07, 6.45) is 18.6. The molecular formula is C19H39N2P. The first-order valence-electron chi connectivity index (χ1n) is 9.67. The molecule has 1 aromatic heterocycles. The summed E-state index contributed by atoms with van der Waals surface area (Å²) in [4.78, 5) is 0. The molecule has 0 unspecified atom stereocenters. The standard InChI is InChI=1S/C19H39N2P/c1-5-9-15-22(16-10-6-2,17-11-7-3,18-12-8-4)19-13-14-20-21-19/h13-14H,5-12,15-18H2,1-4H3,(H,20,21). The van der Waals surface area contributed by atoms with Crippen molar-refractivity contribution in [2.75, 3.05) is 24.6 Å². The Hall–Kier alpha value is -0.360. The third-order valence-corrected chi connectivity index (χ3v) is 13.0. The van der Waals surface area contributed by atoms with E-state index in [1.54, 1.807) is 0 Å². The molecule has 0 atom stereocenters. The van der Waals surface area contributed by atoms with Crippen molar-refractivity contribution in [2.24, 2.45) is 0 Å². The molecule has 1 N–H and O–H groups in total. The average Bonchev–Trinajstić information content (AvgIpc) is 3.10. The van der Waals surface area contributed by atoms with Crippen LogP contribution in [0.2, 0.25) is 0 Å². The quantitative estimate of drug-likeness (QED) is 0.457. The van der Waals surface area contributed by atoms with Gasteiger partial charge >= 0.3 is 138 Å². The van der Waals surface area contributed by atoms with Crippen LogP contribution < -0.4 is 5.44 Å². The van der Waals surface area contributed by atoms with Crippen molar-refractivity contribution in [3.05, 3.63) is 12.3 Å². The molecule has 0 radical (unpaired) electrons. The summed E-state index contributed by atoms with van der Waals surface area (Å²) in [5, 5.41) is 7.95. The van der Waals surface area contributed by atoms with Crippen LogP contribution in [-0.4, -0.2) is 34.8 Å². The second-order valence-corrected chi connectivity index (χ2v) is 13.4. The van der Waals surface area contributed by atoms with Gasteiger partial charge in [0.2, 0.25) is 0 Å². The Morgan fingerprint density at radius 1 is 0.773 bits per heavy atom. The molecule has 0 aliphatic rings. The van der Waals surface area contributed by atoms with E-state index in [4.69, 9.17) is 5.10 Å². The molecule has 0 aliphatic carbocycles. The van der Waals surface area contributed by atoms with Gasteiger partial charge in [-0.15, -0.1) is 0 Å². The molecule has 0 aromatic carbocycles. The summed E-state index contributed by atoms with van der Waals surface area (Å²) in [7, 11) is 0. The Labute approximate surface area is 138 Å². The van der Waals surface area contributed by atoms with Gasteiger partial charge in [-0.25, -0.2) is 0 Å². The van der Waals surface area contributed by atoms with Crippen LogP contribution in [0.15, 0.2) is 12.3 Å². The number of unbranched alkanes of at least 4 members (excludes halogenated alkanes) is 4. The molecule has 0 aliphatic heterocycles. The van der Waals surface area contributed by atoms with Crippen LogP contribution in [0.1, 0.15) is 79.1 Å². The fourth-order valence-electron chi connectivity index (χ4n) is 4.02. The number of hydrogen-bond acceptors (Lipinski definition) is 1. The molecule has 0 saturated heterocycles. The van der Waals surface area contributed by atoms with Crippen LogP contribution in [0.25, 0.3) is 0 Å². The predicted molar refractivity (Wildman–Crippen MR) is 104 cm³/mol. The van der Waals surface area contributed by atoms with Crippen LogP contribution in [0.5, 0.6) is 0 Å². The molecule has 130 valence electrons. The molecule has 2 nitrogen and oxygen atoms in total. The normalized spacial score (nSPS) is 13.9. The van der Waals surface area contributed by atoms with Crippen molar-refractivity contribution in [1.29, 1.82) is 0 Å². The van der Waals surface area contributed by atoms with Gasteiger partial charge in [-0.05, 0) is 0 Å². The Balaban J connectivity index is 3.28. The number of aromatic nitrogens is 2. The van der Waals surface area contributed by atoms with Crippen molar-refractivity contribution in [1.82, 2.24) is 10.2 Å². The summed E-state index contributed by atoms with van der Waals surface area (Å²) in [5.74, 6) is 0. The average molecular weight is 327 g/mol. The monoisotopic (exact) mass is 326 g/mol. The summed E-state index contributed by atoms with van der Waals surface area (Å²) in [5.41, 5.74) is 1.48. The van der Waals surface area contributed by atoms with Crippen molar-refractivity contribution >= 4 is 12.0 Å². The van der Waals surface area contributed by atoms with E-state index >= 15 is 0 Å². The van der Waals surface area contributed by atoms with Crippen LogP contribution in [0.3, 0.4) is 0 Å². The molecule has 3 heteroatoms. The minimum atomic E-state index is -1.89. The first-order chi connectivity index (χ1) is 10.7. The van der Waals surface area contributed by atoms with E-state index in [-0.39, 0.29) is 0 Å². The van der Waals surface area contributed by atoms with Crippen molar-refractivity contribution in [2.45, 2.75) is 79.1 Å². The SMILES string of the molecule is CCCCP(CCCC)(CCCC)(CCCC)c1cc[nH]n1. The topological polar surface area (TPSA) is 28.7 Å². The molecule has 0 saturated carbocycles. The van der Waals surface area contributed by atoms with Crippen LogP contribution in [-0.2, 0) is 0 Å². The molecule has 1 aromatic rings. The van der Waals surface area contributed by atoms with Gasteiger partial charge in [0, 0.05) is 0 Å². The maximum atomic E-state index is 4.81. The second kappa shape index (κ2) is 9.71. The van der Waals surface area contributed by atoms with Gasteiger partial charge in [0.1, 0.15) is 0 Å². The van der Waals surface area contributed by atoms with E-state index in [1.165, 1.54) is 81.4 Å². The summed E-state index contributed by atoms with van der Waals surface area (Å²) < 4.78 is 0. The Kier molecular flexibility index (Phi) is 8.69. The molecule has 0 bridgehead atoms. The van der Waals surface area contributed by atoms with Gasteiger partial charge in [-0.2, -0.15) is 0 Å². The molecule has 1 rings (SSSR count). The van der Waals surface area contributed by atoms with Crippen molar-refractivity contribution in [3.63, 3.8) is 0 Å². The van der Waals surface area contributed by atoms with E-state index in [0.717, 1.165) is 0 Å². The number of rotatable bonds is 13. The Morgan fingerprint density at radius 2 is 1.18 bits per heavy atom. The van der Waals surface area contributed by atoms with Gasteiger partial charge in [0.25, 0.3) is 0 Å². The zero-order valence-corrected chi connectivity index (χ0v) is 16.4. The second-order valence-electron chi connectivity index (χ2n) is 7.22. The Bertz CT molecular complexity index is 343. The predicted octanol–water partition coefficient (Wildman–Crippen LogP) is 5.79. The molecule has 1 heterocycles. The van der Waals surface area contributed by atoms with E-state index in [0.29, 0.717) is 0 Å². The molecule has 0 fully saturated rings. The first kappa shape index (κ1) is 19.7. The molecule has 0 spiro atoms. The van der Waals surface area contributed by atoms with E-state index in [9.17, 15) is 0 Å². The van der Waals surface area contributed by atoms with Gasteiger partial charge < -0.3 is 0 Å². The number of H-pyrrole nitrogens is 1. The maximum absolute atomic E-state index is 4.81. The summed E-state index contributed by atoms with van der Waals surface area (Å²) in [6.45, 7) is 7.48. The molecular weight excluding hydrogens is 287 g/mol. The van der Waals surface area contributed by atoms with Crippen molar-refractivity contribution < 1.29 is 0 Å². The van der Waals surface area contributed by atoms with E-state index < -0.39 is 6.60 Å². The van der Waals surface area contributed by atoms with Crippen LogP contribution >= 0.6 is 6.60 Å². The number of hydrogen-bond donors (Lipinski definition) is 1. The van der Waals surface area contributed by atoms with Gasteiger partial charge in [-0.1, -0.05) is 0 Å². The van der Waals surface area contributed by atoms with E-state index in [2.05, 4.69) is 45.1 Å². The zero-order valence-electron chi connectivity index (χ0n) is 15.5. The summed E-state index contributed by atoms with van der Waals surface area (Å²) >= 11 is 0. The third kappa shape index (κ3) is 4.57. The minimum absolute atomic E-state index is 1.31. The zero-order chi connectivity index (χ0) is 16.3. The van der Waals surface area contributed by atoms with Gasteiger partial charge in [-0.3, -0.25) is 0 Å². The Morgan fingerprint density at radius 3 is 1.45 bits per heavy atom. The van der Waals surface area contributed by atoms with Crippen molar-refractivity contribution in [3.8, 4) is 0 Å². The van der Waals surface area contributed by atoms with E-state index in [1.807, 2.05) is 0 Å². The summed E-state index contributed by atoms with van der Waals surface area (Å²) in [6, 6.07) is 2.33. The third-order valence-electron chi connectivity index (χ3n) is 5.53. The first-order valence-corrected chi connectivity index (χ1v) is 12.7. The van der Waals surface area contributed by atoms with Gasteiger partial charge in [0.05, 0.1) is 0 Å². The van der Waals surface area contributed by atoms with Gasteiger partial charge in [0.15, 0.2) is 0 Å². The molecule has 22 heavy (non-hydrogen) atoms. The fraction of sp³-hybridized carbons (Fsp3) is 0.842. The molecule has 0 amide bonds. The van der Waals surface area contributed by atoms with Crippen LogP contribution in [0.4, 0.5) is 0 Å². The van der Waals surface area contributed by atoms with Crippen LogP contribution in [0, 0.1) is 0 Å². The fourth-order valence-corrected chi connectivity index (χ4v) is 11.7. The number of nitrogens with one attached hydrogen (secondary N) is 1. The number of nitrogens with zero attached hydrogens (tertiary/aromatic N) is 1. The number of aromatic amines is 1.